The largest absolute Gasteiger partial charge is 0.496 e. The molecular formula is C12H10BrNO2S. The third-order valence-corrected chi connectivity index (χ3v) is 3.81. The van der Waals surface area contributed by atoms with Gasteiger partial charge in [-0.15, -0.1) is 11.3 Å². The molecule has 0 amide bonds. The van der Waals surface area contributed by atoms with Gasteiger partial charge in [0.25, 0.3) is 0 Å². The summed E-state index contributed by atoms with van der Waals surface area (Å²) in [5.74, 6) is 0.758. The predicted octanol–water partition coefficient (Wildman–Crippen LogP) is 3.70. The zero-order valence-electron chi connectivity index (χ0n) is 9.36. The van der Waals surface area contributed by atoms with Crippen molar-refractivity contribution in [3.8, 4) is 17.0 Å². The van der Waals surface area contributed by atoms with Gasteiger partial charge in [-0.2, -0.15) is 0 Å². The second kappa shape index (κ2) is 4.98. The fraction of sp³-hybridized carbons (Fsp3) is 0.167. The molecule has 0 aliphatic carbocycles. The molecule has 5 heteroatoms. The van der Waals surface area contributed by atoms with Crippen LogP contribution in [0, 0.1) is 6.92 Å². The number of nitrogens with zero attached hydrogens (tertiary/aromatic N) is 1. The van der Waals surface area contributed by atoms with Gasteiger partial charge in [0.1, 0.15) is 5.75 Å². The maximum absolute atomic E-state index is 11.0. The Morgan fingerprint density at radius 1 is 1.47 bits per heavy atom. The Kier molecular flexibility index (Phi) is 3.59. The van der Waals surface area contributed by atoms with Crippen LogP contribution in [0.5, 0.6) is 5.75 Å². The molecule has 1 aromatic heterocycles. The van der Waals surface area contributed by atoms with Crippen LogP contribution in [0.15, 0.2) is 22.7 Å². The molecule has 0 fully saturated rings. The number of carbonyl (C=O) groups excluding carboxylic acids is 1. The van der Waals surface area contributed by atoms with E-state index < -0.39 is 0 Å². The third-order valence-electron chi connectivity index (χ3n) is 2.29. The van der Waals surface area contributed by atoms with E-state index in [1.54, 1.807) is 7.11 Å². The SMILES string of the molecule is COc1ccc(-c2nc(C)sc2C=O)cc1Br. The molecule has 0 aliphatic rings. The lowest BCUT2D eigenvalue weighted by molar-refractivity contribution is 0.112. The van der Waals surface area contributed by atoms with E-state index in [9.17, 15) is 4.79 Å². The highest BCUT2D eigenvalue weighted by Gasteiger charge is 2.12. The monoisotopic (exact) mass is 311 g/mol. The van der Waals surface area contributed by atoms with Gasteiger partial charge < -0.3 is 4.74 Å². The molecule has 0 unspecified atom stereocenters. The minimum absolute atomic E-state index is 0.652. The van der Waals surface area contributed by atoms with Crippen molar-refractivity contribution in [3.05, 3.63) is 32.6 Å². The van der Waals surface area contributed by atoms with E-state index in [1.807, 2.05) is 25.1 Å². The summed E-state index contributed by atoms with van der Waals surface area (Å²) in [6, 6.07) is 5.65. The van der Waals surface area contributed by atoms with Gasteiger partial charge in [-0.3, -0.25) is 4.79 Å². The Balaban J connectivity index is 2.52. The van der Waals surface area contributed by atoms with Crippen molar-refractivity contribution < 1.29 is 9.53 Å². The normalized spacial score (nSPS) is 10.3. The number of aldehydes is 1. The number of methoxy groups -OCH3 is 1. The Morgan fingerprint density at radius 3 is 2.82 bits per heavy atom. The van der Waals surface area contributed by atoms with Gasteiger partial charge in [0.05, 0.1) is 27.2 Å². The van der Waals surface area contributed by atoms with Gasteiger partial charge in [-0.1, -0.05) is 0 Å². The molecule has 1 heterocycles. The smallest absolute Gasteiger partial charge is 0.162 e. The van der Waals surface area contributed by atoms with Gasteiger partial charge in [-0.05, 0) is 41.1 Å². The zero-order chi connectivity index (χ0) is 12.4. The van der Waals surface area contributed by atoms with E-state index >= 15 is 0 Å². The second-order valence-corrected chi connectivity index (χ2v) is 5.50. The topological polar surface area (TPSA) is 39.2 Å². The van der Waals surface area contributed by atoms with Crippen LogP contribution in [-0.4, -0.2) is 18.4 Å². The number of thiazole rings is 1. The number of aryl methyl sites for hydroxylation is 1. The van der Waals surface area contributed by atoms with E-state index in [1.165, 1.54) is 11.3 Å². The molecule has 3 nitrogen and oxygen atoms in total. The number of hydrogen-bond donors (Lipinski definition) is 0. The molecule has 0 atom stereocenters. The minimum Gasteiger partial charge on any atom is -0.496 e. The summed E-state index contributed by atoms with van der Waals surface area (Å²) in [7, 11) is 1.61. The van der Waals surface area contributed by atoms with Crippen LogP contribution in [0.2, 0.25) is 0 Å². The fourth-order valence-corrected chi connectivity index (χ4v) is 2.85. The van der Waals surface area contributed by atoms with Crippen LogP contribution in [0.3, 0.4) is 0 Å². The lowest BCUT2D eigenvalue weighted by Gasteiger charge is -2.05. The molecule has 88 valence electrons. The molecule has 0 spiro atoms. The van der Waals surface area contributed by atoms with E-state index in [-0.39, 0.29) is 0 Å². The minimum atomic E-state index is 0.652. The van der Waals surface area contributed by atoms with E-state index in [4.69, 9.17) is 4.74 Å². The van der Waals surface area contributed by atoms with Crippen molar-refractivity contribution in [2.24, 2.45) is 0 Å². The summed E-state index contributed by atoms with van der Waals surface area (Å²) in [6.45, 7) is 1.89. The van der Waals surface area contributed by atoms with Crippen LogP contribution in [0.25, 0.3) is 11.3 Å². The standard InChI is InChI=1S/C12H10BrNO2S/c1-7-14-12(11(6-15)17-7)8-3-4-10(16-2)9(13)5-8/h3-6H,1-2H3. The number of rotatable bonds is 3. The van der Waals surface area contributed by atoms with Gasteiger partial charge in [0.2, 0.25) is 0 Å². The van der Waals surface area contributed by atoms with Crippen molar-refractivity contribution in [1.29, 1.82) is 0 Å². The average molecular weight is 312 g/mol. The maximum atomic E-state index is 11.0. The lowest BCUT2D eigenvalue weighted by Crippen LogP contribution is -1.87. The molecule has 1 aromatic carbocycles. The third kappa shape index (κ3) is 2.40. The number of benzene rings is 1. The summed E-state index contributed by atoms with van der Waals surface area (Å²) in [4.78, 5) is 16.0. The van der Waals surface area contributed by atoms with Crippen LogP contribution < -0.4 is 4.74 Å². The molecule has 0 radical (unpaired) electrons. The molecule has 17 heavy (non-hydrogen) atoms. The van der Waals surface area contributed by atoms with Crippen molar-refractivity contribution in [3.63, 3.8) is 0 Å². The number of aromatic nitrogens is 1. The highest BCUT2D eigenvalue weighted by Crippen LogP contribution is 2.32. The van der Waals surface area contributed by atoms with Crippen LogP contribution in [0.1, 0.15) is 14.7 Å². The highest BCUT2D eigenvalue weighted by atomic mass is 79.9. The van der Waals surface area contributed by atoms with Gasteiger partial charge in [-0.25, -0.2) is 4.98 Å². The fourth-order valence-electron chi connectivity index (χ4n) is 1.54. The molecule has 0 N–H and O–H groups in total. The lowest BCUT2D eigenvalue weighted by atomic mass is 10.1. The van der Waals surface area contributed by atoms with Crippen LogP contribution >= 0.6 is 27.3 Å². The van der Waals surface area contributed by atoms with Crippen molar-refractivity contribution in [2.75, 3.05) is 7.11 Å². The van der Waals surface area contributed by atoms with E-state index in [0.29, 0.717) is 4.88 Å². The van der Waals surface area contributed by atoms with Gasteiger partial charge in [0.15, 0.2) is 6.29 Å². The van der Waals surface area contributed by atoms with Crippen molar-refractivity contribution in [2.45, 2.75) is 6.92 Å². The first-order valence-corrected chi connectivity index (χ1v) is 6.53. The highest BCUT2D eigenvalue weighted by molar-refractivity contribution is 9.10. The van der Waals surface area contributed by atoms with Crippen LogP contribution in [-0.2, 0) is 0 Å². The van der Waals surface area contributed by atoms with Crippen molar-refractivity contribution in [1.82, 2.24) is 4.98 Å². The summed E-state index contributed by atoms with van der Waals surface area (Å²) < 4.78 is 6.01. The number of hydrogen-bond acceptors (Lipinski definition) is 4. The number of carbonyl (C=O) groups is 1. The summed E-state index contributed by atoms with van der Waals surface area (Å²) in [5, 5.41) is 0.883. The van der Waals surface area contributed by atoms with Crippen molar-refractivity contribution >= 4 is 33.6 Å². The van der Waals surface area contributed by atoms with Crippen LogP contribution in [0.4, 0.5) is 0 Å². The number of ether oxygens (including phenoxy) is 1. The average Bonchev–Trinajstić information content (AvgIpc) is 2.70. The maximum Gasteiger partial charge on any atom is 0.162 e. The first kappa shape index (κ1) is 12.3. The summed E-state index contributed by atoms with van der Waals surface area (Å²) in [5.41, 5.74) is 1.63. The molecule has 0 saturated heterocycles. The molecule has 2 rings (SSSR count). The Morgan fingerprint density at radius 2 is 2.24 bits per heavy atom. The molecular weight excluding hydrogens is 302 g/mol. The first-order chi connectivity index (χ1) is 8.15. The summed E-state index contributed by atoms with van der Waals surface area (Å²) >= 11 is 4.82. The van der Waals surface area contributed by atoms with Gasteiger partial charge >= 0.3 is 0 Å². The summed E-state index contributed by atoms with van der Waals surface area (Å²) in [6.07, 6.45) is 0.845. The van der Waals surface area contributed by atoms with E-state index in [2.05, 4.69) is 20.9 Å². The quantitative estimate of drug-likeness (QED) is 0.811. The molecule has 0 bridgehead atoms. The molecule has 2 aromatic rings. The number of halogens is 1. The Hall–Kier alpha value is -1.20. The molecule has 0 saturated carbocycles. The second-order valence-electron chi connectivity index (χ2n) is 3.41. The van der Waals surface area contributed by atoms with E-state index in [0.717, 1.165) is 32.8 Å². The van der Waals surface area contributed by atoms with Gasteiger partial charge in [0, 0.05) is 5.56 Å². The predicted molar refractivity (Wildman–Crippen MR) is 71.9 cm³/mol. The zero-order valence-corrected chi connectivity index (χ0v) is 11.8. The Labute approximate surface area is 112 Å². The molecule has 0 aliphatic heterocycles. The Bertz CT molecular complexity index is 566. The first-order valence-electron chi connectivity index (χ1n) is 4.92.